The van der Waals surface area contributed by atoms with Crippen molar-refractivity contribution < 1.29 is 4.79 Å². The molecule has 4 heteroatoms. The summed E-state index contributed by atoms with van der Waals surface area (Å²) >= 11 is 5.07. The van der Waals surface area contributed by atoms with Crippen LogP contribution in [0, 0.1) is 0 Å². The summed E-state index contributed by atoms with van der Waals surface area (Å²) < 4.78 is 0. The molecule has 0 aliphatic heterocycles. The number of nitrogens with zero attached hydrogens (tertiary/aromatic N) is 1. The second-order valence-electron chi connectivity index (χ2n) is 4.92. The first-order valence-electron chi connectivity index (χ1n) is 6.71. The van der Waals surface area contributed by atoms with Gasteiger partial charge < -0.3 is 10.2 Å². The number of allylic oxidation sites excluding steroid dienone is 1. The highest BCUT2D eigenvalue weighted by molar-refractivity contribution is 7.80. The van der Waals surface area contributed by atoms with Gasteiger partial charge in [-0.3, -0.25) is 4.79 Å². The largest absolute Gasteiger partial charge is 0.382 e. The Labute approximate surface area is 126 Å². The van der Waals surface area contributed by atoms with Gasteiger partial charge >= 0.3 is 0 Å². The monoisotopic (exact) mass is 290 g/mol. The van der Waals surface area contributed by atoms with Crippen molar-refractivity contribution in [3.8, 4) is 0 Å². The Kier molecular flexibility index (Phi) is 6.39. The third-order valence-corrected chi connectivity index (χ3v) is 3.35. The number of thiocarbonyl (C=S) groups is 1. The number of amides is 1. The zero-order chi connectivity index (χ0) is 15.1. The molecule has 0 aromatic heterocycles. The minimum atomic E-state index is 0.00892. The molecule has 108 valence electrons. The Morgan fingerprint density at radius 2 is 1.95 bits per heavy atom. The number of rotatable bonds is 5. The van der Waals surface area contributed by atoms with E-state index >= 15 is 0 Å². The number of benzene rings is 1. The number of hydrogen-bond donors (Lipinski definition) is 1. The summed E-state index contributed by atoms with van der Waals surface area (Å²) in [6.45, 7) is 6.00. The molecule has 0 atom stereocenters. The van der Waals surface area contributed by atoms with Crippen molar-refractivity contribution in [2.24, 2.45) is 0 Å². The maximum Gasteiger partial charge on any atom is 0.233 e. The molecule has 1 aromatic carbocycles. The van der Waals surface area contributed by atoms with Crippen molar-refractivity contribution in [2.75, 3.05) is 7.05 Å². The highest BCUT2D eigenvalue weighted by Gasteiger charge is 2.16. The average Bonchev–Trinajstić information content (AvgIpc) is 2.44. The highest BCUT2D eigenvalue weighted by Crippen LogP contribution is 2.16. The summed E-state index contributed by atoms with van der Waals surface area (Å²) in [6.07, 6.45) is 2.14. The zero-order valence-corrected chi connectivity index (χ0v) is 13.3. The van der Waals surface area contributed by atoms with E-state index in [2.05, 4.69) is 5.32 Å². The average molecular weight is 290 g/mol. The molecular formula is C16H22N2OS. The van der Waals surface area contributed by atoms with Gasteiger partial charge in [0.15, 0.2) is 0 Å². The first-order chi connectivity index (χ1) is 9.45. The fourth-order valence-electron chi connectivity index (χ4n) is 1.81. The van der Waals surface area contributed by atoms with Crippen LogP contribution >= 0.6 is 12.2 Å². The van der Waals surface area contributed by atoms with E-state index in [4.69, 9.17) is 12.2 Å². The maximum atomic E-state index is 12.3. The predicted molar refractivity (Wildman–Crippen MR) is 88.3 cm³/mol. The van der Waals surface area contributed by atoms with Gasteiger partial charge in [0.2, 0.25) is 5.91 Å². The van der Waals surface area contributed by atoms with Gasteiger partial charge in [-0.05, 0) is 31.9 Å². The first kappa shape index (κ1) is 16.4. The van der Waals surface area contributed by atoms with Crippen molar-refractivity contribution >= 4 is 28.7 Å². The molecule has 1 aromatic rings. The van der Waals surface area contributed by atoms with Crippen molar-refractivity contribution in [2.45, 2.75) is 33.2 Å². The summed E-state index contributed by atoms with van der Waals surface area (Å²) in [7, 11) is 1.74. The quantitative estimate of drug-likeness (QED) is 0.845. The molecule has 0 heterocycles. The second kappa shape index (κ2) is 7.80. The lowest BCUT2D eigenvalue weighted by molar-refractivity contribution is -0.128. The van der Waals surface area contributed by atoms with E-state index in [1.807, 2.05) is 57.3 Å². The molecule has 3 nitrogen and oxygen atoms in total. The van der Waals surface area contributed by atoms with Crippen LogP contribution in [0.5, 0.6) is 0 Å². The van der Waals surface area contributed by atoms with Gasteiger partial charge in [-0.25, -0.2) is 0 Å². The summed E-state index contributed by atoms with van der Waals surface area (Å²) in [6, 6.07) is 10.1. The topological polar surface area (TPSA) is 32.3 Å². The van der Waals surface area contributed by atoms with E-state index in [-0.39, 0.29) is 18.4 Å². The minimum absolute atomic E-state index is 0.00892. The molecule has 0 aliphatic carbocycles. The summed E-state index contributed by atoms with van der Waals surface area (Å²) in [5, 5.41) is 2.84. The number of nitrogens with one attached hydrogen (secondary N) is 1. The number of carbonyl (C=O) groups is 1. The Hall–Kier alpha value is -1.68. The van der Waals surface area contributed by atoms with Crippen LogP contribution < -0.4 is 5.32 Å². The summed E-state index contributed by atoms with van der Waals surface area (Å²) in [5.41, 5.74) is 2.17. The molecule has 0 fully saturated rings. The lowest BCUT2D eigenvalue weighted by atomic mass is 10.1. The van der Waals surface area contributed by atoms with Gasteiger partial charge in [-0.2, -0.15) is 0 Å². The maximum absolute atomic E-state index is 12.3. The van der Waals surface area contributed by atoms with E-state index in [0.717, 1.165) is 11.1 Å². The van der Waals surface area contributed by atoms with Crippen LogP contribution in [0.4, 0.5) is 0 Å². The SMILES string of the molecule is CNC(=S)CC(=O)N(/C=C(\C)c1ccccc1)C(C)C. The molecule has 1 amide bonds. The summed E-state index contributed by atoms with van der Waals surface area (Å²) in [4.78, 5) is 14.6. The molecule has 0 radical (unpaired) electrons. The van der Waals surface area contributed by atoms with Gasteiger partial charge in [0.25, 0.3) is 0 Å². The first-order valence-corrected chi connectivity index (χ1v) is 7.12. The van der Waals surface area contributed by atoms with Gasteiger partial charge in [0.05, 0.1) is 11.4 Å². The van der Waals surface area contributed by atoms with Crippen molar-refractivity contribution in [1.29, 1.82) is 0 Å². The van der Waals surface area contributed by atoms with Crippen LogP contribution in [0.25, 0.3) is 5.57 Å². The number of hydrogen-bond acceptors (Lipinski definition) is 2. The number of carbonyl (C=O) groups excluding carboxylic acids is 1. The molecule has 0 spiro atoms. The van der Waals surface area contributed by atoms with Crippen molar-refractivity contribution in [3.05, 3.63) is 42.1 Å². The lowest BCUT2D eigenvalue weighted by Crippen LogP contribution is -2.35. The lowest BCUT2D eigenvalue weighted by Gasteiger charge is -2.24. The van der Waals surface area contributed by atoms with Crippen LogP contribution in [0.3, 0.4) is 0 Å². The van der Waals surface area contributed by atoms with Gasteiger partial charge in [0.1, 0.15) is 0 Å². The van der Waals surface area contributed by atoms with Crippen molar-refractivity contribution in [1.82, 2.24) is 10.2 Å². The van der Waals surface area contributed by atoms with Gasteiger partial charge in [0, 0.05) is 19.3 Å². The molecule has 0 unspecified atom stereocenters. The van der Waals surface area contributed by atoms with Crippen LogP contribution in [-0.4, -0.2) is 28.9 Å². The molecule has 20 heavy (non-hydrogen) atoms. The normalized spacial score (nSPS) is 11.3. The smallest absolute Gasteiger partial charge is 0.233 e. The summed E-state index contributed by atoms with van der Waals surface area (Å²) in [5.74, 6) is 0.00892. The second-order valence-corrected chi connectivity index (χ2v) is 5.42. The molecule has 0 saturated heterocycles. The van der Waals surface area contributed by atoms with E-state index < -0.39 is 0 Å². The molecular weight excluding hydrogens is 268 g/mol. The highest BCUT2D eigenvalue weighted by atomic mass is 32.1. The Morgan fingerprint density at radius 1 is 1.35 bits per heavy atom. The molecule has 1 N–H and O–H groups in total. The van der Waals surface area contributed by atoms with E-state index in [1.165, 1.54) is 0 Å². The van der Waals surface area contributed by atoms with Crippen LogP contribution in [-0.2, 0) is 4.79 Å². The Morgan fingerprint density at radius 3 is 2.45 bits per heavy atom. The van der Waals surface area contributed by atoms with Crippen LogP contribution in [0.1, 0.15) is 32.8 Å². The molecule has 0 bridgehead atoms. The zero-order valence-electron chi connectivity index (χ0n) is 12.5. The fraction of sp³-hybridized carbons (Fsp3) is 0.375. The molecule has 0 aliphatic rings. The minimum Gasteiger partial charge on any atom is -0.382 e. The van der Waals surface area contributed by atoms with E-state index in [0.29, 0.717) is 4.99 Å². The third-order valence-electron chi connectivity index (χ3n) is 3.00. The predicted octanol–water partition coefficient (Wildman–Crippen LogP) is 3.22. The van der Waals surface area contributed by atoms with Crippen molar-refractivity contribution in [3.63, 3.8) is 0 Å². The standard InChI is InChI=1S/C16H22N2OS/c1-12(2)18(16(19)10-15(20)17-4)11-13(3)14-8-6-5-7-9-14/h5-9,11-12H,10H2,1-4H3,(H,17,20)/b13-11+. The van der Waals surface area contributed by atoms with E-state index in [1.54, 1.807) is 11.9 Å². The van der Waals surface area contributed by atoms with Gasteiger partial charge in [-0.1, -0.05) is 42.5 Å². The fourth-order valence-corrected chi connectivity index (χ4v) is 1.93. The van der Waals surface area contributed by atoms with Gasteiger partial charge in [-0.15, -0.1) is 0 Å². The Bertz CT molecular complexity index is 494. The van der Waals surface area contributed by atoms with Crippen LogP contribution in [0.2, 0.25) is 0 Å². The van der Waals surface area contributed by atoms with Crippen LogP contribution in [0.15, 0.2) is 36.5 Å². The Balaban J connectivity index is 2.92. The third kappa shape index (κ3) is 4.78. The molecule has 1 rings (SSSR count). The molecule has 0 saturated carbocycles. The van der Waals surface area contributed by atoms with E-state index in [9.17, 15) is 4.79 Å².